The number of rotatable bonds is 3. The third-order valence-electron chi connectivity index (χ3n) is 7.51. The van der Waals surface area contributed by atoms with Gasteiger partial charge >= 0.3 is 0 Å². The van der Waals surface area contributed by atoms with Crippen molar-refractivity contribution in [2.75, 3.05) is 13.7 Å². The first-order valence-corrected chi connectivity index (χ1v) is 11.2. The van der Waals surface area contributed by atoms with Crippen molar-refractivity contribution in [3.63, 3.8) is 0 Å². The van der Waals surface area contributed by atoms with Crippen molar-refractivity contribution in [3.8, 4) is 11.5 Å². The lowest BCUT2D eigenvalue weighted by Gasteiger charge is -2.42. The number of carbonyl (C=O) groups excluding carboxylic acids is 4. The van der Waals surface area contributed by atoms with E-state index < -0.39 is 17.8 Å². The molecule has 0 radical (unpaired) electrons. The molecule has 7 nitrogen and oxygen atoms in total. The number of phenolic OH excluding ortho intramolecular Hbond substituents is 1. The molecule has 1 aromatic rings. The van der Waals surface area contributed by atoms with E-state index in [4.69, 9.17) is 4.74 Å². The number of nitrogens with zero attached hydrogens (tertiary/aromatic N) is 1. The average Bonchev–Trinajstić information content (AvgIpc) is 3.05. The van der Waals surface area contributed by atoms with Crippen LogP contribution in [0.25, 0.3) is 0 Å². The highest BCUT2D eigenvalue weighted by Gasteiger charge is 2.55. The molecule has 3 aliphatic carbocycles. The Balaban J connectivity index is 1.70. The molecule has 5 rings (SSSR count). The predicted molar refractivity (Wildman–Crippen MR) is 118 cm³/mol. The number of imide groups is 1. The van der Waals surface area contributed by atoms with Crippen LogP contribution in [-0.2, 0) is 19.2 Å². The number of hydrogen-bond donors (Lipinski definition) is 1. The van der Waals surface area contributed by atoms with Crippen molar-refractivity contribution < 1.29 is 29.0 Å². The lowest BCUT2D eigenvalue weighted by molar-refractivity contribution is -0.139. The summed E-state index contributed by atoms with van der Waals surface area (Å²) in [5.41, 5.74) is 2.71. The van der Waals surface area contributed by atoms with Gasteiger partial charge < -0.3 is 9.84 Å². The van der Waals surface area contributed by atoms with Crippen molar-refractivity contribution in [1.29, 1.82) is 0 Å². The highest BCUT2D eigenvalue weighted by molar-refractivity contribution is 6.23. The average molecular weight is 447 g/mol. The minimum absolute atomic E-state index is 0.0697. The fraction of sp³-hybridized carbons (Fsp3) is 0.385. The van der Waals surface area contributed by atoms with Crippen LogP contribution >= 0.6 is 0 Å². The Hall–Kier alpha value is -3.48. The van der Waals surface area contributed by atoms with Gasteiger partial charge in [0.05, 0.1) is 18.9 Å². The minimum atomic E-state index is -0.574. The molecule has 7 heteroatoms. The maximum atomic E-state index is 13.3. The molecule has 1 aliphatic heterocycles. The Morgan fingerprint density at radius 2 is 1.88 bits per heavy atom. The molecule has 0 aromatic heterocycles. The minimum Gasteiger partial charge on any atom is -0.504 e. The largest absolute Gasteiger partial charge is 0.504 e. The molecule has 33 heavy (non-hydrogen) atoms. The van der Waals surface area contributed by atoms with Gasteiger partial charge in [-0.1, -0.05) is 17.7 Å². The van der Waals surface area contributed by atoms with Crippen LogP contribution in [0, 0.1) is 17.8 Å². The molecule has 1 fully saturated rings. The van der Waals surface area contributed by atoms with Gasteiger partial charge in [-0.25, -0.2) is 0 Å². The standard InChI is InChI=1S/C26H25NO6/c1-4-27-25(31)15-7-6-14-16(22(15)26(27)32)11-17-18(28)9-12(2)24(30)23(17)21(14)13-5-8-20(33-3)19(29)10-13/h5-6,8-10,15-16,21-22,29H,4,7,11H2,1-3H3. The van der Waals surface area contributed by atoms with E-state index in [2.05, 4.69) is 0 Å². The molecule has 0 saturated carbocycles. The second-order valence-corrected chi connectivity index (χ2v) is 9.08. The highest BCUT2D eigenvalue weighted by Crippen LogP contribution is 2.55. The molecule has 4 unspecified atom stereocenters. The zero-order valence-electron chi connectivity index (χ0n) is 18.8. The number of phenols is 1. The highest BCUT2D eigenvalue weighted by atomic mass is 16.5. The smallest absolute Gasteiger partial charge is 0.233 e. The van der Waals surface area contributed by atoms with Crippen LogP contribution in [-0.4, -0.2) is 47.0 Å². The molecule has 170 valence electrons. The molecule has 4 atom stereocenters. The molecule has 1 heterocycles. The van der Waals surface area contributed by atoms with Gasteiger partial charge in [0.15, 0.2) is 23.1 Å². The summed E-state index contributed by atoms with van der Waals surface area (Å²) >= 11 is 0. The quantitative estimate of drug-likeness (QED) is 0.434. The van der Waals surface area contributed by atoms with Gasteiger partial charge in [0.1, 0.15) is 0 Å². The number of likely N-dealkylation sites (tertiary alicyclic amines) is 1. The first kappa shape index (κ1) is 21.4. The van der Waals surface area contributed by atoms with Crippen molar-refractivity contribution >= 4 is 23.4 Å². The number of aromatic hydroxyl groups is 1. The Labute approximate surface area is 191 Å². The van der Waals surface area contributed by atoms with Crippen molar-refractivity contribution in [2.45, 2.75) is 32.6 Å². The van der Waals surface area contributed by atoms with Gasteiger partial charge in [0.2, 0.25) is 11.8 Å². The van der Waals surface area contributed by atoms with Gasteiger partial charge in [0.25, 0.3) is 0 Å². The van der Waals surface area contributed by atoms with Gasteiger partial charge in [0, 0.05) is 29.2 Å². The van der Waals surface area contributed by atoms with Crippen LogP contribution < -0.4 is 4.74 Å². The van der Waals surface area contributed by atoms with Gasteiger partial charge in [-0.05, 0) is 56.4 Å². The fourth-order valence-corrected chi connectivity index (χ4v) is 6.00. The van der Waals surface area contributed by atoms with E-state index in [1.165, 1.54) is 18.1 Å². The zero-order chi connectivity index (χ0) is 23.6. The SMILES string of the molecule is CCN1C(=O)C2CC=C3C(c4ccc(OC)c(O)c4)C4=C(CC3C2C1=O)C(=O)C=C(C)C4=O. The van der Waals surface area contributed by atoms with Crippen LogP contribution in [0.5, 0.6) is 11.5 Å². The van der Waals surface area contributed by atoms with E-state index in [1.54, 1.807) is 32.0 Å². The van der Waals surface area contributed by atoms with E-state index in [1.807, 2.05) is 6.08 Å². The third-order valence-corrected chi connectivity index (χ3v) is 7.51. The predicted octanol–water partition coefficient (Wildman–Crippen LogP) is 2.85. The van der Waals surface area contributed by atoms with Crippen LogP contribution in [0.3, 0.4) is 0 Å². The first-order chi connectivity index (χ1) is 15.8. The van der Waals surface area contributed by atoms with Crippen molar-refractivity contribution in [1.82, 2.24) is 4.90 Å². The molecular weight excluding hydrogens is 422 g/mol. The Morgan fingerprint density at radius 3 is 2.55 bits per heavy atom. The summed E-state index contributed by atoms with van der Waals surface area (Å²) < 4.78 is 5.17. The number of methoxy groups -OCH3 is 1. The number of fused-ring (bicyclic) bond motifs is 3. The summed E-state index contributed by atoms with van der Waals surface area (Å²) in [6, 6.07) is 4.95. The van der Waals surface area contributed by atoms with Gasteiger partial charge in [-0.2, -0.15) is 0 Å². The third kappa shape index (κ3) is 2.95. The summed E-state index contributed by atoms with van der Waals surface area (Å²) in [6.07, 6.45) is 4.00. The number of ether oxygens (including phenoxy) is 1. The van der Waals surface area contributed by atoms with Crippen molar-refractivity contribution in [2.24, 2.45) is 17.8 Å². The van der Waals surface area contributed by atoms with E-state index in [-0.39, 0.29) is 41.5 Å². The maximum Gasteiger partial charge on any atom is 0.233 e. The van der Waals surface area contributed by atoms with E-state index >= 15 is 0 Å². The number of hydrogen-bond acceptors (Lipinski definition) is 6. The summed E-state index contributed by atoms with van der Waals surface area (Å²) in [4.78, 5) is 53.7. The molecule has 4 aliphatic rings. The van der Waals surface area contributed by atoms with Gasteiger partial charge in [-0.15, -0.1) is 0 Å². The van der Waals surface area contributed by atoms with Crippen LogP contribution in [0.2, 0.25) is 0 Å². The zero-order valence-corrected chi connectivity index (χ0v) is 18.8. The maximum absolute atomic E-state index is 13.3. The first-order valence-electron chi connectivity index (χ1n) is 11.2. The molecule has 2 amide bonds. The molecule has 1 aromatic carbocycles. The molecular formula is C26H25NO6. The number of benzene rings is 1. The monoisotopic (exact) mass is 447 g/mol. The Morgan fingerprint density at radius 1 is 1.12 bits per heavy atom. The fourth-order valence-electron chi connectivity index (χ4n) is 6.00. The van der Waals surface area contributed by atoms with E-state index in [9.17, 15) is 24.3 Å². The summed E-state index contributed by atoms with van der Waals surface area (Å²) in [5.74, 6) is -2.47. The van der Waals surface area contributed by atoms with E-state index in [0.717, 1.165) is 5.57 Å². The summed E-state index contributed by atoms with van der Waals surface area (Å²) in [5, 5.41) is 10.4. The normalized spacial score (nSPS) is 28.9. The molecule has 0 bridgehead atoms. The second-order valence-electron chi connectivity index (χ2n) is 9.08. The number of allylic oxidation sites excluding steroid dienone is 6. The van der Waals surface area contributed by atoms with Crippen LogP contribution in [0.4, 0.5) is 0 Å². The molecule has 0 spiro atoms. The Bertz CT molecular complexity index is 1220. The van der Waals surface area contributed by atoms with Crippen LogP contribution in [0.15, 0.2) is 52.6 Å². The van der Waals surface area contributed by atoms with Gasteiger partial charge in [-0.3, -0.25) is 24.1 Å². The Kier molecular flexibility index (Phi) is 4.88. The molecule has 1 saturated heterocycles. The summed E-state index contributed by atoms with van der Waals surface area (Å²) in [6.45, 7) is 3.72. The number of carbonyl (C=O) groups is 4. The molecule has 1 N–H and O–H groups in total. The van der Waals surface area contributed by atoms with Crippen molar-refractivity contribution in [3.05, 3.63) is 58.2 Å². The number of ketones is 2. The number of amides is 2. The topological polar surface area (TPSA) is 101 Å². The number of Topliss-reactive ketones (excluding diaryl/α,β-unsaturated/α-hetero) is 1. The second kappa shape index (κ2) is 7.54. The van der Waals surface area contributed by atoms with Crippen LogP contribution in [0.1, 0.15) is 38.2 Å². The van der Waals surface area contributed by atoms with E-state index in [0.29, 0.717) is 41.0 Å². The lowest BCUT2D eigenvalue weighted by Crippen LogP contribution is -2.39. The lowest BCUT2D eigenvalue weighted by atomic mass is 9.59. The summed E-state index contributed by atoms with van der Waals surface area (Å²) in [7, 11) is 1.45.